The van der Waals surface area contributed by atoms with Gasteiger partial charge in [0.1, 0.15) is 0 Å². The van der Waals surface area contributed by atoms with Gasteiger partial charge in [-0.3, -0.25) is 0 Å². The molecule has 0 aliphatic rings. The summed E-state index contributed by atoms with van der Waals surface area (Å²) >= 11 is 0. The van der Waals surface area contributed by atoms with Gasteiger partial charge >= 0.3 is 0 Å². The molecule has 0 N–H and O–H groups in total. The maximum Gasteiger partial charge on any atom is 0.229 e. The normalized spacial score (nSPS) is 4.50. The second-order valence-electron chi connectivity index (χ2n) is 0.202. The molecule has 8 heavy (non-hydrogen) atoms. The van der Waals surface area contributed by atoms with E-state index >= 15 is 0 Å². The van der Waals surface area contributed by atoms with Crippen molar-refractivity contribution in [2.75, 3.05) is 13.9 Å². The smallest absolute Gasteiger partial charge is 0.214 e. The predicted octanol–water partition coefficient (Wildman–Crippen LogP) is 2.61. The molecule has 0 unspecified atom stereocenters. The van der Waals surface area contributed by atoms with Crippen molar-refractivity contribution in [1.29, 1.82) is 0 Å². The largest absolute Gasteiger partial charge is 0.229 e. The zero-order chi connectivity index (χ0) is 5.41. The van der Waals surface area contributed by atoms with E-state index in [9.17, 15) is 17.6 Å². The van der Waals surface area contributed by atoms with Crippen molar-refractivity contribution >= 4 is 24.8 Å². The third-order valence-electron chi connectivity index (χ3n) is 0. The van der Waals surface area contributed by atoms with Crippen LogP contribution >= 0.6 is 24.8 Å². The fraction of sp³-hybridized carbons (Fsp3) is 1.00. The van der Waals surface area contributed by atoms with Crippen LogP contribution in [0.3, 0.4) is 0 Å². The Morgan fingerprint density at radius 3 is 0.625 bits per heavy atom. The molecule has 0 bridgehead atoms. The summed E-state index contributed by atoms with van der Waals surface area (Å²) < 4.78 is 38.5. The van der Waals surface area contributed by atoms with Crippen molar-refractivity contribution in [3.8, 4) is 0 Å². The lowest BCUT2D eigenvalue weighted by molar-refractivity contribution is 0.295. The first kappa shape index (κ1) is 23.9. The van der Waals surface area contributed by atoms with E-state index in [0.29, 0.717) is 0 Å². The van der Waals surface area contributed by atoms with E-state index in [1.807, 2.05) is 0 Å². The molecule has 0 fully saturated rings. The molecule has 0 saturated carbocycles. The molecule has 6 heteroatoms. The summed E-state index contributed by atoms with van der Waals surface area (Å²) in [6, 6.07) is 0. The number of halogens is 6. The number of alkyl halides is 4. The number of hydrogen-bond acceptors (Lipinski definition) is 0. The Morgan fingerprint density at radius 2 is 0.625 bits per heavy atom. The quantitative estimate of drug-likeness (QED) is 0.499. The van der Waals surface area contributed by atoms with E-state index in [4.69, 9.17) is 0 Å². The first-order valence-electron chi connectivity index (χ1n) is 1.07. The van der Waals surface area contributed by atoms with Gasteiger partial charge in [0.25, 0.3) is 0 Å². The zero-order valence-electron chi connectivity index (χ0n) is 3.74. The van der Waals surface area contributed by atoms with Gasteiger partial charge in [0, 0.05) is 0 Å². The first-order chi connectivity index (χ1) is 2.83. The summed E-state index contributed by atoms with van der Waals surface area (Å²) in [5, 5.41) is 0. The number of rotatable bonds is 0. The summed E-state index contributed by atoms with van der Waals surface area (Å²) in [4.78, 5) is 0. The van der Waals surface area contributed by atoms with Crippen LogP contribution in [-0.2, 0) is 0 Å². The van der Waals surface area contributed by atoms with Gasteiger partial charge in [-0.05, 0) is 0 Å². The Morgan fingerprint density at radius 1 is 0.625 bits per heavy atom. The minimum Gasteiger partial charge on any atom is -0.214 e. The van der Waals surface area contributed by atoms with Gasteiger partial charge < -0.3 is 0 Å². The van der Waals surface area contributed by atoms with E-state index < -0.39 is 13.9 Å². The van der Waals surface area contributed by atoms with Crippen molar-refractivity contribution < 1.29 is 17.6 Å². The summed E-state index contributed by atoms with van der Waals surface area (Å²) in [6.45, 7) is -3.50. The molecule has 0 rings (SSSR count). The van der Waals surface area contributed by atoms with Gasteiger partial charge in [0.15, 0.2) is 0 Å². The van der Waals surface area contributed by atoms with E-state index in [1.165, 1.54) is 0 Å². The lowest BCUT2D eigenvalue weighted by Crippen LogP contribution is -1.34. The molecule has 0 heterocycles. The molecule has 0 aromatic rings. The van der Waals surface area contributed by atoms with Crippen LogP contribution in [0.25, 0.3) is 0 Å². The minimum absolute atomic E-state index is 0. The maximum atomic E-state index is 9.62. The maximum absolute atomic E-state index is 9.62. The highest BCUT2D eigenvalue weighted by Gasteiger charge is 1.44. The average molecular weight is 177 g/mol. The lowest BCUT2D eigenvalue weighted by atomic mass is 11.7. The van der Waals surface area contributed by atoms with Gasteiger partial charge in [-0.25, -0.2) is 17.6 Å². The summed E-state index contributed by atoms with van der Waals surface area (Å²) in [6.07, 6.45) is 0. The topological polar surface area (TPSA) is 0 Å². The molecular weight excluding hydrogens is 171 g/mol. The fourth-order valence-electron chi connectivity index (χ4n) is 0. The highest BCUT2D eigenvalue weighted by molar-refractivity contribution is 5.85. The van der Waals surface area contributed by atoms with Crippen LogP contribution in [0.15, 0.2) is 0 Å². The molecular formula is C2H6Cl2F4. The van der Waals surface area contributed by atoms with Gasteiger partial charge in [0.2, 0.25) is 13.9 Å². The van der Waals surface area contributed by atoms with Gasteiger partial charge in [0.05, 0.1) is 0 Å². The van der Waals surface area contributed by atoms with Crippen molar-refractivity contribution in [3.05, 3.63) is 0 Å². The van der Waals surface area contributed by atoms with Crippen LogP contribution in [-0.4, -0.2) is 13.9 Å². The van der Waals surface area contributed by atoms with Gasteiger partial charge in [-0.1, -0.05) is 0 Å². The molecule has 0 aromatic carbocycles. The Labute approximate surface area is 57.1 Å². The summed E-state index contributed by atoms with van der Waals surface area (Å²) in [5.41, 5.74) is 0. The molecule has 0 spiro atoms. The van der Waals surface area contributed by atoms with E-state index in [-0.39, 0.29) is 24.8 Å². The Kier molecular flexibility index (Phi) is 164. The predicted molar refractivity (Wildman–Crippen MR) is 28.7 cm³/mol. The van der Waals surface area contributed by atoms with Gasteiger partial charge in [-0.2, -0.15) is 0 Å². The standard InChI is InChI=1S/2CH2F2.2ClH/c2*2-1-3;;/h2*1H2;2*1H. The van der Waals surface area contributed by atoms with E-state index in [2.05, 4.69) is 0 Å². The monoisotopic (exact) mass is 176 g/mol. The van der Waals surface area contributed by atoms with Crippen LogP contribution in [0.2, 0.25) is 0 Å². The van der Waals surface area contributed by atoms with Crippen LogP contribution in [0, 0.1) is 0 Å². The Bertz CT molecular complexity index is 14.0. The SMILES string of the molecule is Cl.Cl.FCF.FCF. The van der Waals surface area contributed by atoms with Crippen LogP contribution < -0.4 is 0 Å². The van der Waals surface area contributed by atoms with Gasteiger partial charge in [-0.15, -0.1) is 24.8 Å². The summed E-state index contributed by atoms with van der Waals surface area (Å²) in [7, 11) is 0. The minimum atomic E-state index is -1.75. The van der Waals surface area contributed by atoms with Crippen molar-refractivity contribution in [1.82, 2.24) is 0 Å². The fourth-order valence-corrected chi connectivity index (χ4v) is 0. The molecule has 0 aliphatic carbocycles. The highest BCUT2D eigenvalue weighted by atomic mass is 35.5. The molecule has 56 valence electrons. The van der Waals surface area contributed by atoms with E-state index in [0.717, 1.165) is 0 Å². The Balaban J connectivity index is -0.0000000160. The molecule has 0 amide bonds. The summed E-state index contributed by atoms with van der Waals surface area (Å²) in [5.74, 6) is 0. The van der Waals surface area contributed by atoms with Crippen molar-refractivity contribution in [3.63, 3.8) is 0 Å². The lowest BCUT2D eigenvalue weighted by Gasteiger charge is -1.42. The molecule has 0 saturated heterocycles. The molecule has 0 nitrogen and oxygen atoms in total. The van der Waals surface area contributed by atoms with E-state index in [1.54, 1.807) is 0 Å². The third-order valence-corrected chi connectivity index (χ3v) is 0. The first-order valence-corrected chi connectivity index (χ1v) is 1.07. The number of hydrogen-bond donors (Lipinski definition) is 0. The van der Waals surface area contributed by atoms with Crippen LogP contribution in [0.5, 0.6) is 0 Å². The highest BCUT2D eigenvalue weighted by Crippen LogP contribution is 1.56. The molecule has 0 aromatic heterocycles. The Hall–Kier alpha value is 0.300. The second kappa shape index (κ2) is 54.8. The molecule has 0 aliphatic heterocycles. The third kappa shape index (κ3) is 1970. The zero-order valence-corrected chi connectivity index (χ0v) is 5.38. The van der Waals surface area contributed by atoms with Crippen molar-refractivity contribution in [2.24, 2.45) is 0 Å². The second-order valence-corrected chi connectivity index (χ2v) is 0.202. The van der Waals surface area contributed by atoms with Crippen molar-refractivity contribution in [2.45, 2.75) is 0 Å². The average Bonchev–Trinajstić information content (AvgIpc) is 1.39. The van der Waals surface area contributed by atoms with Crippen LogP contribution in [0.1, 0.15) is 0 Å². The van der Waals surface area contributed by atoms with Crippen LogP contribution in [0.4, 0.5) is 17.6 Å². The molecule has 0 atom stereocenters. The molecule has 0 radical (unpaired) electrons.